The van der Waals surface area contributed by atoms with Gasteiger partial charge in [0.05, 0.1) is 41.5 Å². The summed E-state index contributed by atoms with van der Waals surface area (Å²) in [5, 5.41) is 2.21. The third-order valence-electron chi connectivity index (χ3n) is 18.2. The molecule has 1 amide bonds. The number of carbonyl (C=O) groups excluding carboxylic acids is 5. The predicted molar refractivity (Wildman–Crippen MR) is 370 cm³/mol. The van der Waals surface area contributed by atoms with Crippen LogP contribution in [0.5, 0.6) is 0 Å². The van der Waals surface area contributed by atoms with E-state index in [0.717, 1.165) is 51.4 Å². The van der Waals surface area contributed by atoms with Crippen molar-refractivity contribution in [3.63, 3.8) is 0 Å². The Morgan fingerprint density at radius 3 is 1.25 bits per heavy atom. The van der Waals surface area contributed by atoms with E-state index in [-0.39, 0.29) is 42.0 Å². The number of fused-ring (bicyclic) bond motifs is 1. The standard InChI is InChI=1S/C78H115NO13Si/c1-9-11-13-15-17-19-21-23-24-25-27-29-31-33-47-57-67(80)79-64(68(89-73(82)61-50-40-35-41-51-61)65(87-72(81)60-48-38-34-39-49-60)56-46-32-30-28-26-22-20-18-16-14-12-10-2)58-85-76-71(91-75(84)63-54-44-37-45-55-63)70(90-74(83)62-52-42-36-43-53-62)69-66(88-76)59-86-93(92-69,77(3,4)5)78(6,7)8/h34-45,48-55,64-66,68-71,76H,9-33,46-47,56-59H2,1-8H3,(H,79,80)/t64-,65+,66+,68-,69-,70-,71+,76-/m0/s1. The van der Waals surface area contributed by atoms with E-state index in [0.29, 0.717) is 18.4 Å². The molecule has 0 aromatic heterocycles. The normalized spacial score (nSPS) is 18.9. The number of rotatable bonds is 43. The highest BCUT2D eigenvalue weighted by Gasteiger charge is 2.66. The van der Waals surface area contributed by atoms with E-state index in [4.69, 9.17) is 37.3 Å². The van der Waals surface area contributed by atoms with Crippen molar-refractivity contribution in [2.75, 3.05) is 13.2 Å². The third-order valence-corrected chi connectivity index (χ3v) is 23.4. The molecule has 2 aliphatic rings. The molecular weight excluding hydrogens is 1190 g/mol. The molecule has 6 rings (SSSR count). The molecule has 0 saturated carbocycles. The number of benzene rings is 4. The second-order valence-corrected chi connectivity index (χ2v) is 32.7. The molecule has 2 aliphatic heterocycles. The molecule has 15 heteroatoms. The zero-order chi connectivity index (χ0) is 66.7. The molecule has 14 nitrogen and oxygen atoms in total. The fraction of sp³-hybridized carbons (Fsp3) is 0.628. The Kier molecular flexibility index (Phi) is 33.9. The van der Waals surface area contributed by atoms with E-state index in [2.05, 4.69) is 60.7 Å². The summed E-state index contributed by atoms with van der Waals surface area (Å²) in [7, 11) is -3.34. The lowest BCUT2D eigenvalue weighted by atomic mass is 9.97. The summed E-state index contributed by atoms with van der Waals surface area (Å²) >= 11 is 0. The summed E-state index contributed by atoms with van der Waals surface area (Å²) in [6.07, 6.45) is 22.9. The van der Waals surface area contributed by atoms with E-state index in [1.807, 2.05) is 6.07 Å². The Morgan fingerprint density at radius 1 is 0.473 bits per heavy atom. The van der Waals surface area contributed by atoms with Gasteiger partial charge in [0.1, 0.15) is 18.3 Å². The van der Waals surface area contributed by atoms with Crippen molar-refractivity contribution in [1.29, 1.82) is 0 Å². The molecule has 0 spiro atoms. The van der Waals surface area contributed by atoms with Crippen molar-refractivity contribution in [1.82, 2.24) is 5.32 Å². The molecule has 0 bridgehead atoms. The third kappa shape index (κ3) is 25.4. The molecular formula is C78H115NO13Si. The Morgan fingerprint density at radius 2 is 0.839 bits per heavy atom. The van der Waals surface area contributed by atoms with Gasteiger partial charge in [-0.25, -0.2) is 19.2 Å². The molecule has 0 aliphatic carbocycles. The highest BCUT2D eigenvalue weighted by atomic mass is 28.4. The second-order valence-electron chi connectivity index (χ2n) is 28.0. The number of unbranched alkanes of at least 4 members (excludes halogenated alkanes) is 25. The lowest BCUT2D eigenvalue weighted by Gasteiger charge is -2.57. The van der Waals surface area contributed by atoms with E-state index in [9.17, 15) is 24.0 Å². The van der Waals surface area contributed by atoms with Crippen molar-refractivity contribution >= 4 is 38.3 Å². The minimum absolute atomic E-state index is 0.0251. The SMILES string of the molecule is CCCCCCCCCCCCCCCCCC(=O)N[C@@H](CO[C@H]1O[C@@H]2CO[Si](C(C)(C)C)(C(C)(C)C)O[C@@H]2[C@H](OC(=O)c2ccccc2)[C@H]1OC(=O)c1ccccc1)[C@H](OC(=O)c1ccccc1)[C@@H](CCCCCCCCCCCCCC)OC(=O)c1ccccc1. The maximum Gasteiger partial charge on any atom is 0.349 e. The zero-order valence-electron chi connectivity index (χ0n) is 57.9. The number of hydrogen-bond acceptors (Lipinski definition) is 13. The van der Waals surface area contributed by atoms with Crippen molar-refractivity contribution < 1.29 is 61.2 Å². The zero-order valence-corrected chi connectivity index (χ0v) is 58.9. The van der Waals surface area contributed by atoms with Gasteiger partial charge in [0.2, 0.25) is 5.91 Å². The van der Waals surface area contributed by atoms with Crippen LogP contribution in [0.2, 0.25) is 10.1 Å². The van der Waals surface area contributed by atoms with Crippen LogP contribution >= 0.6 is 0 Å². The summed E-state index contributed by atoms with van der Waals surface area (Å²) in [6.45, 7) is 16.6. The van der Waals surface area contributed by atoms with Gasteiger partial charge >= 0.3 is 32.4 Å². The number of amides is 1. The van der Waals surface area contributed by atoms with Gasteiger partial charge in [0, 0.05) is 16.5 Å². The minimum atomic E-state index is -3.34. The highest BCUT2D eigenvalue weighted by molar-refractivity contribution is 6.73. The van der Waals surface area contributed by atoms with Crippen molar-refractivity contribution in [2.45, 2.75) is 301 Å². The largest absolute Gasteiger partial charge is 0.455 e. The average Bonchev–Trinajstić information content (AvgIpc) is 0.754. The van der Waals surface area contributed by atoms with Gasteiger partial charge in [-0.1, -0.05) is 289 Å². The number of carbonyl (C=O) groups is 5. The lowest BCUT2D eigenvalue weighted by molar-refractivity contribution is -0.309. The van der Waals surface area contributed by atoms with E-state index >= 15 is 0 Å². The second kappa shape index (κ2) is 41.3. The molecule has 2 saturated heterocycles. The first kappa shape index (κ1) is 76.3. The monoisotopic (exact) mass is 1300 g/mol. The van der Waals surface area contributed by atoms with Gasteiger partial charge in [0.25, 0.3) is 0 Å². The number of hydrogen-bond donors (Lipinski definition) is 1. The van der Waals surface area contributed by atoms with Crippen LogP contribution in [0.15, 0.2) is 121 Å². The summed E-state index contributed by atoms with van der Waals surface area (Å²) in [5.41, 5.74) is 1.05. The number of esters is 4. The molecule has 8 atom stereocenters. The molecule has 2 fully saturated rings. The predicted octanol–water partition coefficient (Wildman–Crippen LogP) is 18.9. The molecule has 0 unspecified atom stereocenters. The van der Waals surface area contributed by atoms with Crippen LogP contribution in [0.3, 0.4) is 0 Å². The fourth-order valence-corrected chi connectivity index (χ4v) is 18.2. The summed E-state index contributed by atoms with van der Waals surface area (Å²) in [5.74, 6) is -3.06. The van der Waals surface area contributed by atoms with Crippen LogP contribution in [0.4, 0.5) is 0 Å². The Bertz CT molecular complexity index is 2720. The van der Waals surface area contributed by atoms with Crippen molar-refractivity contribution in [3.8, 4) is 0 Å². The van der Waals surface area contributed by atoms with Crippen molar-refractivity contribution in [3.05, 3.63) is 144 Å². The molecule has 1 N–H and O–H groups in total. The Labute approximate surface area is 559 Å². The first-order valence-electron chi connectivity index (χ1n) is 35.9. The minimum Gasteiger partial charge on any atom is -0.455 e. The molecule has 93 heavy (non-hydrogen) atoms. The highest BCUT2D eigenvalue weighted by Crippen LogP contribution is 2.55. The van der Waals surface area contributed by atoms with Crippen LogP contribution < -0.4 is 5.32 Å². The van der Waals surface area contributed by atoms with Crippen LogP contribution in [0.25, 0.3) is 0 Å². The van der Waals surface area contributed by atoms with Gasteiger partial charge in [-0.3, -0.25) is 4.79 Å². The van der Waals surface area contributed by atoms with Gasteiger partial charge in [-0.15, -0.1) is 0 Å². The van der Waals surface area contributed by atoms with E-state index in [1.165, 1.54) is 109 Å². The molecule has 4 aromatic rings. The van der Waals surface area contributed by atoms with Gasteiger partial charge in [0.15, 0.2) is 24.6 Å². The topological polar surface area (TPSA) is 171 Å². The first-order chi connectivity index (χ1) is 45.0. The Hall–Kier alpha value is -5.71. The lowest BCUT2D eigenvalue weighted by Crippen LogP contribution is -2.72. The van der Waals surface area contributed by atoms with E-state index in [1.54, 1.807) is 115 Å². The van der Waals surface area contributed by atoms with Crippen molar-refractivity contribution in [2.24, 2.45) is 0 Å². The maximum atomic E-state index is 14.7. The molecule has 4 aromatic carbocycles. The molecule has 514 valence electrons. The van der Waals surface area contributed by atoms with Gasteiger partial charge < -0.3 is 42.6 Å². The smallest absolute Gasteiger partial charge is 0.349 e. The maximum absolute atomic E-state index is 14.7. The van der Waals surface area contributed by atoms with Crippen LogP contribution in [0, 0.1) is 0 Å². The first-order valence-corrected chi connectivity index (χ1v) is 37.7. The summed E-state index contributed by atoms with van der Waals surface area (Å²) < 4.78 is 54.5. The average molecular weight is 1300 g/mol. The molecule has 0 radical (unpaired) electrons. The van der Waals surface area contributed by atoms with Gasteiger partial charge in [-0.05, 0) is 67.8 Å². The van der Waals surface area contributed by atoms with Crippen LogP contribution in [0.1, 0.15) is 283 Å². The number of ether oxygens (including phenoxy) is 6. The Balaban J connectivity index is 1.34. The van der Waals surface area contributed by atoms with Crippen LogP contribution in [-0.2, 0) is 42.1 Å². The quantitative estimate of drug-likeness (QED) is 0.0192. The summed E-state index contributed by atoms with van der Waals surface area (Å²) in [6, 6.07) is 33.1. The van der Waals surface area contributed by atoms with E-state index < -0.39 is 98.1 Å². The fourth-order valence-electron chi connectivity index (χ4n) is 13.2. The molecule has 2 heterocycles. The summed E-state index contributed by atoms with van der Waals surface area (Å²) in [4.78, 5) is 72.9. The van der Waals surface area contributed by atoms with Crippen LogP contribution in [-0.4, -0.2) is 101 Å². The number of nitrogens with one attached hydrogen (secondary N) is 1. The van der Waals surface area contributed by atoms with Gasteiger partial charge in [-0.2, -0.15) is 0 Å².